The number of carbonyl (C=O) groups is 6. The van der Waals surface area contributed by atoms with Crippen molar-refractivity contribution in [1.29, 1.82) is 0 Å². The fraction of sp³-hybridized carbons (Fsp3) is 0.463. The van der Waals surface area contributed by atoms with Crippen LogP contribution >= 0.6 is 11.8 Å². The molecule has 3 rings (SSSR count). The van der Waals surface area contributed by atoms with Crippen LogP contribution in [0.25, 0.3) is 11.1 Å². The molecule has 8 N–H and O–H groups in total. The number of carboxylic acids is 2. The van der Waals surface area contributed by atoms with Crippen LogP contribution in [0.3, 0.4) is 0 Å². The number of amides is 4. The van der Waals surface area contributed by atoms with Gasteiger partial charge in [0.05, 0.1) is 30.3 Å². The van der Waals surface area contributed by atoms with Crippen LogP contribution in [0.5, 0.6) is 0 Å². The molecule has 3 unspecified atom stereocenters. The van der Waals surface area contributed by atoms with Crippen molar-refractivity contribution in [3.05, 3.63) is 83.7 Å². The number of hydrogen-bond donors (Lipinski definition) is 8. The third-order valence-electron chi connectivity index (χ3n) is 9.49. The largest absolute Gasteiger partial charge is 0.481 e. The smallest absolute Gasteiger partial charge is 0.321 e. The Morgan fingerprint density at radius 2 is 1.53 bits per heavy atom. The zero-order chi connectivity index (χ0) is 44.6. The number of aromatic nitrogens is 1. The van der Waals surface area contributed by atoms with E-state index >= 15 is 4.39 Å². The van der Waals surface area contributed by atoms with Crippen molar-refractivity contribution in [3.63, 3.8) is 0 Å². The summed E-state index contributed by atoms with van der Waals surface area (Å²) < 4.78 is 31.3. The van der Waals surface area contributed by atoms with Gasteiger partial charge in [0.15, 0.2) is 0 Å². The number of benzene rings is 2. The first-order valence-corrected chi connectivity index (χ1v) is 20.3. The summed E-state index contributed by atoms with van der Waals surface area (Å²) in [5.41, 5.74) is 1.28. The Balaban J connectivity index is 1.69. The number of carbonyl (C=O) groups excluding carboxylic acids is 4. The molecule has 328 valence electrons. The number of carboxylic acid groups (broad SMARTS) is 2. The molecule has 0 fully saturated rings. The van der Waals surface area contributed by atoms with Gasteiger partial charge in [0.1, 0.15) is 24.3 Å². The van der Waals surface area contributed by atoms with E-state index < -0.39 is 95.6 Å². The number of nitrogens with one attached hydrogen (secondary N) is 5. The topological polar surface area (TPSA) is 231 Å². The van der Waals surface area contributed by atoms with Crippen LogP contribution in [0.4, 0.5) is 8.78 Å². The van der Waals surface area contributed by atoms with Gasteiger partial charge >= 0.3 is 11.9 Å². The number of likely N-dealkylation sites (N-methyl/N-ethyl adjacent to an activating group) is 2. The molecule has 4 atom stereocenters. The fourth-order valence-corrected chi connectivity index (χ4v) is 7.74. The summed E-state index contributed by atoms with van der Waals surface area (Å²) in [6.07, 6.45) is 1.22. The van der Waals surface area contributed by atoms with Crippen molar-refractivity contribution < 1.29 is 52.9 Å². The van der Waals surface area contributed by atoms with Crippen molar-refractivity contribution in [2.75, 3.05) is 52.6 Å². The number of hydrogen-bond acceptors (Lipinski definition) is 10. The first-order valence-electron chi connectivity index (χ1n) is 19.2. The summed E-state index contributed by atoms with van der Waals surface area (Å²) in [7, 11) is 2.98. The summed E-state index contributed by atoms with van der Waals surface area (Å²) >= 11 is 0.831. The molecule has 0 bridgehead atoms. The second-order valence-corrected chi connectivity index (χ2v) is 16.2. The molecule has 0 saturated carbocycles. The maximum Gasteiger partial charge on any atom is 0.321 e. The van der Waals surface area contributed by atoms with E-state index in [9.17, 15) is 48.5 Å². The lowest BCUT2D eigenvalue weighted by molar-refractivity contribution is -0.140. The Bertz CT molecular complexity index is 1940. The van der Waals surface area contributed by atoms with E-state index in [1.54, 1.807) is 19.3 Å². The highest BCUT2D eigenvalue weighted by Crippen LogP contribution is 2.41. The lowest BCUT2D eigenvalue weighted by Gasteiger charge is -2.41. The fourth-order valence-electron chi connectivity index (χ4n) is 6.51. The molecule has 0 aliphatic carbocycles. The second kappa shape index (κ2) is 23.4. The van der Waals surface area contributed by atoms with Gasteiger partial charge in [-0.15, -0.1) is 11.8 Å². The molecule has 0 radical (unpaired) electrons. The highest BCUT2D eigenvalue weighted by molar-refractivity contribution is 8.00. The predicted molar refractivity (Wildman–Crippen MR) is 222 cm³/mol. The number of nitrogens with zero attached hydrogens (tertiary/aromatic N) is 2. The minimum absolute atomic E-state index is 0.00391. The van der Waals surface area contributed by atoms with Crippen LogP contribution < -0.4 is 26.6 Å². The van der Waals surface area contributed by atoms with Gasteiger partial charge in [-0.3, -0.25) is 28.8 Å². The monoisotopic (exact) mass is 859 g/mol. The number of thioether (sulfide) groups is 1. The van der Waals surface area contributed by atoms with Gasteiger partial charge in [-0.2, -0.15) is 0 Å². The molecule has 0 aliphatic rings. The molecule has 0 aliphatic heterocycles. The normalized spacial score (nSPS) is 13.4. The minimum Gasteiger partial charge on any atom is -0.481 e. The third kappa shape index (κ3) is 14.7. The molecule has 3 aromatic rings. The Hall–Kier alpha value is -5.37. The van der Waals surface area contributed by atoms with Crippen molar-refractivity contribution in [3.8, 4) is 11.1 Å². The Labute approximate surface area is 351 Å². The maximum atomic E-state index is 15.1. The Morgan fingerprint density at radius 3 is 2.13 bits per heavy atom. The summed E-state index contributed by atoms with van der Waals surface area (Å²) in [4.78, 5) is 76.0. The molecule has 16 nitrogen and oxygen atoms in total. The number of aliphatic hydroxyl groups is 1. The maximum absolute atomic E-state index is 15.1. The van der Waals surface area contributed by atoms with E-state index in [1.807, 2.05) is 55.7 Å². The lowest BCUT2D eigenvalue weighted by atomic mass is 9.82. The molecule has 2 aromatic carbocycles. The quantitative estimate of drug-likeness (QED) is 0.0605. The molecular weight excluding hydrogens is 805 g/mol. The summed E-state index contributed by atoms with van der Waals surface area (Å²) in [5, 5.41) is 40.5. The first kappa shape index (κ1) is 49.0. The molecule has 0 saturated heterocycles. The van der Waals surface area contributed by atoms with Crippen molar-refractivity contribution in [2.45, 2.75) is 63.5 Å². The molecular formula is C41H55F2N7O9S. The van der Waals surface area contributed by atoms with Crippen LogP contribution in [-0.4, -0.2) is 130 Å². The van der Waals surface area contributed by atoms with Crippen molar-refractivity contribution in [2.24, 2.45) is 5.41 Å². The molecule has 19 heteroatoms. The summed E-state index contributed by atoms with van der Waals surface area (Å²) in [6.45, 7) is 4.72. The van der Waals surface area contributed by atoms with Gasteiger partial charge < -0.3 is 51.4 Å². The SMILES string of the molecule is CNC(CCN(C(=O)CO)C(c1cc(-c2cc(F)ccc2F)cn1Cc1ccccc1)C(C)(C)C)C(=O)NCCNC(=O)CNC(=O)C(CC(=O)O)SC[C@H](NC)C(=O)O. The van der Waals surface area contributed by atoms with E-state index in [4.69, 9.17) is 0 Å². The van der Waals surface area contributed by atoms with E-state index in [0.717, 1.165) is 35.5 Å². The lowest BCUT2D eigenvalue weighted by Crippen LogP contribution is -2.49. The highest BCUT2D eigenvalue weighted by atomic mass is 32.2. The average Bonchev–Trinajstić information content (AvgIpc) is 3.60. The first-order chi connectivity index (χ1) is 28.4. The van der Waals surface area contributed by atoms with Crippen LogP contribution in [0.2, 0.25) is 0 Å². The van der Waals surface area contributed by atoms with Gasteiger partial charge in [-0.25, -0.2) is 8.78 Å². The minimum atomic E-state index is -1.27. The molecule has 60 heavy (non-hydrogen) atoms. The number of halogens is 2. The average molecular weight is 860 g/mol. The van der Waals surface area contributed by atoms with E-state index in [2.05, 4.69) is 26.6 Å². The number of aliphatic carboxylic acids is 2. The van der Waals surface area contributed by atoms with E-state index in [-0.39, 0.29) is 37.4 Å². The van der Waals surface area contributed by atoms with E-state index in [0.29, 0.717) is 17.8 Å². The summed E-state index contributed by atoms with van der Waals surface area (Å²) in [6, 6.07) is 11.8. The van der Waals surface area contributed by atoms with Crippen molar-refractivity contribution in [1.82, 2.24) is 36.1 Å². The Kier molecular flexibility index (Phi) is 19.1. The van der Waals surface area contributed by atoms with Gasteiger partial charge in [-0.05, 0) is 55.8 Å². The van der Waals surface area contributed by atoms with Crippen LogP contribution in [0.1, 0.15) is 50.9 Å². The Morgan fingerprint density at radius 1 is 0.867 bits per heavy atom. The molecule has 1 aromatic heterocycles. The van der Waals surface area contributed by atoms with Crippen LogP contribution in [-0.2, 0) is 35.3 Å². The van der Waals surface area contributed by atoms with Crippen molar-refractivity contribution >= 4 is 47.3 Å². The standard InChI is InChI=1S/C41H55F2N7O9S/c1-41(2,3)37(32-17-26(28-18-27(42)11-12-29(28)43)22-49(32)21-25-9-7-6-8-10-25)50(35(53)23-51)16-13-30(44-4)38(56)47-15-14-46-34(52)20-48-39(57)33(19-36(54)55)60-24-31(45-5)40(58)59/h6-12,17-18,22,30-31,33,37,44-45,51H,13-16,19-21,23-24H2,1-5H3,(H,46,52)(H,47,56)(H,48,57)(H,54,55)(H,58,59)/t30?,31-,33?,37?/m0/s1. The van der Waals surface area contributed by atoms with Gasteiger partial charge in [0.25, 0.3) is 0 Å². The zero-order valence-electron chi connectivity index (χ0n) is 34.3. The molecule has 4 amide bonds. The molecule has 1 heterocycles. The third-order valence-corrected chi connectivity index (χ3v) is 10.8. The number of aliphatic hydroxyl groups excluding tert-OH is 1. The zero-order valence-corrected chi connectivity index (χ0v) is 35.1. The highest BCUT2D eigenvalue weighted by Gasteiger charge is 2.37. The van der Waals surface area contributed by atoms with Crippen LogP contribution in [0, 0.1) is 17.0 Å². The van der Waals surface area contributed by atoms with Gasteiger partial charge in [0, 0.05) is 54.9 Å². The second-order valence-electron chi connectivity index (χ2n) is 15.0. The van der Waals surface area contributed by atoms with E-state index in [1.165, 1.54) is 11.9 Å². The number of rotatable bonds is 24. The van der Waals surface area contributed by atoms with Crippen LogP contribution in [0.15, 0.2) is 60.8 Å². The predicted octanol–water partition coefficient (Wildman–Crippen LogP) is 1.97. The summed E-state index contributed by atoms with van der Waals surface area (Å²) in [5.74, 6) is -6.20. The van der Waals surface area contributed by atoms with Gasteiger partial charge in [-0.1, -0.05) is 51.1 Å². The van der Waals surface area contributed by atoms with Gasteiger partial charge in [0.2, 0.25) is 23.6 Å². The molecule has 0 spiro atoms.